The molecule has 0 aromatic heterocycles. The molecule has 1 unspecified atom stereocenters. The summed E-state index contributed by atoms with van der Waals surface area (Å²) in [6.07, 6.45) is 2.48. The quantitative estimate of drug-likeness (QED) is 0.830. The number of halogens is 1. The van der Waals surface area contributed by atoms with E-state index in [9.17, 15) is 9.59 Å². The monoisotopic (exact) mass is 384 g/mol. The zero-order valence-corrected chi connectivity index (χ0v) is 16.6. The summed E-state index contributed by atoms with van der Waals surface area (Å²) in [6, 6.07) is 13.0. The summed E-state index contributed by atoms with van der Waals surface area (Å²) in [7, 11) is 0. The number of likely N-dealkylation sites (tertiary alicyclic amines) is 1. The molecule has 0 radical (unpaired) electrons. The number of nitrogens with zero attached hydrogens (tertiary/aromatic N) is 1. The number of para-hydroxylation sites is 1. The van der Waals surface area contributed by atoms with Crippen molar-refractivity contribution in [2.75, 3.05) is 18.4 Å². The number of carbonyl (C=O) groups is 2. The van der Waals surface area contributed by atoms with Gasteiger partial charge < -0.3 is 10.2 Å². The summed E-state index contributed by atoms with van der Waals surface area (Å²) in [5.41, 5.74) is 3.71. The molecule has 1 aliphatic heterocycles. The molecule has 2 amide bonds. The van der Waals surface area contributed by atoms with E-state index in [4.69, 9.17) is 11.6 Å². The molecule has 1 heterocycles. The molecular weight excluding hydrogens is 360 g/mol. The average Bonchev–Trinajstić information content (AvgIpc) is 2.69. The van der Waals surface area contributed by atoms with E-state index in [1.54, 1.807) is 29.2 Å². The number of aryl methyl sites for hydroxylation is 2. The molecule has 1 aliphatic rings. The van der Waals surface area contributed by atoms with E-state index in [-0.39, 0.29) is 17.7 Å². The van der Waals surface area contributed by atoms with E-state index in [0.29, 0.717) is 23.7 Å². The highest BCUT2D eigenvalue weighted by atomic mass is 35.5. The molecule has 1 atom stereocenters. The zero-order valence-electron chi connectivity index (χ0n) is 15.8. The van der Waals surface area contributed by atoms with Gasteiger partial charge in [-0.2, -0.15) is 0 Å². The highest BCUT2D eigenvalue weighted by Crippen LogP contribution is 2.25. The van der Waals surface area contributed by atoms with Crippen molar-refractivity contribution >= 4 is 29.1 Å². The second-order valence-corrected chi connectivity index (χ2v) is 7.49. The summed E-state index contributed by atoms with van der Waals surface area (Å²) in [5, 5.41) is 3.72. The maximum absolute atomic E-state index is 12.9. The Labute approximate surface area is 165 Å². The zero-order chi connectivity index (χ0) is 19.4. The van der Waals surface area contributed by atoms with Crippen LogP contribution in [-0.2, 0) is 11.2 Å². The fraction of sp³-hybridized carbons (Fsp3) is 0.364. The molecule has 27 heavy (non-hydrogen) atoms. The predicted molar refractivity (Wildman–Crippen MR) is 109 cm³/mol. The molecule has 2 aromatic rings. The van der Waals surface area contributed by atoms with Crippen LogP contribution in [0.5, 0.6) is 0 Å². The predicted octanol–water partition coefficient (Wildman–Crippen LogP) is 4.70. The Kier molecular flexibility index (Phi) is 6.17. The first-order valence-electron chi connectivity index (χ1n) is 9.43. The van der Waals surface area contributed by atoms with Crippen molar-refractivity contribution in [1.29, 1.82) is 0 Å². The van der Waals surface area contributed by atoms with Crippen molar-refractivity contribution in [3.8, 4) is 0 Å². The maximum atomic E-state index is 12.9. The van der Waals surface area contributed by atoms with Gasteiger partial charge in [0.25, 0.3) is 5.91 Å². The standard InChI is InChI=1S/C22H25ClN2O2/c1-3-16-7-4-6-15(2)20(16)24-21(26)18-8-5-13-25(14-18)22(27)17-9-11-19(23)12-10-17/h4,6-7,9-12,18H,3,5,8,13-14H2,1-2H3,(H,24,26). The van der Waals surface area contributed by atoms with Crippen molar-refractivity contribution < 1.29 is 9.59 Å². The molecule has 0 spiro atoms. The van der Waals surface area contributed by atoms with E-state index in [1.165, 1.54) is 0 Å². The third kappa shape index (κ3) is 4.51. The minimum Gasteiger partial charge on any atom is -0.338 e. The highest BCUT2D eigenvalue weighted by Gasteiger charge is 2.29. The number of hydrogen-bond donors (Lipinski definition) is 1. The smallest absolute Gasteiger partial charge is 0.253 e. The number of rotatable bonds is 4. The van der Waals surface area contributed by atoms with Crippen LogP contribution in [0.3, 0.4) is 0 Å². The minimum absolute atomic E-state index is 0.00685. The summed E-state index contributed by atoms with van der Waals surface area (Å²) in [4.78, 5) is 27.4. The van der Waals surface area contributed by atoms with Gasteiger partial charge in [-0.25, -0.2) is 0 Å². The Morgan fingerprint density at radius 3 is 2.63 bits per heavy atom. The number of carbonyl (C=O) groups excluding carboxylic acids is 2. The van der Waals surface area contributed by atoms with Gasteiger partial charge in [0.15, 0.2) is 0 Å². The molecule has 0 saturated carbocycles. The van der Waals surface area contributed by atoms with Crippen LogP contribution in [0.15, 0.2) is 42.5 Å². The number of piperidine rings is 1. The largest absolute Gasteiger partial charge is 0.338 e. The van der Waals surface area contributed by atoms with Crippen LogP contribution in [0, 0.1) is 12.8 Å². The van der Waals surface area contributed by atoms with Crippen LogP contribution in [0.2, 0.25) is 5.02 Å². The van der Waals surface area contributed by atoms with Crippen LogP contribution < -0.4 is 5.32 Å². The van der Waals surface area contributed by atoms with E-state index < -0.39 is 0 Å². The molecule has 1 N–H and O–H groups in total. The van der Waals surface area contributed by atoms with Gasteiger partial charge in [0.2, 0.25) is 5.91 Å². The first-order chi connectivity index (χ1) is 13.0. The van der Waals surface area contributed by atoms with E-state index in [1.807, 2.05) is 25.1 Å². The van der Waals surface area contributed by atoms with Crippen LogP contribution >= 0.6 is 11.6 Å². The Morgan fingerprint density at radius 2 is 1.93 bits per heavy atom. The van der Waals surface area contributed by atoms with Gasteiger partial charge >= 0.3 is 0 Å². The van der Waals surface area contributed by atoms with Crippen molar-refractivity contribution in [3.05, 3.63) is 64.2 Å². The van der Waals surface area contributed by atoms with Crippen molar-refractivity contribution in [2.45, 2.75) is 33.1 Å². The molecule has 1 saturated heterocycles. The first kappa shape index (κ1) is 19.4. The summed E-state index contributed by atoms with van der Waals surface area (Å²) in [5.74, 6) is -0.249. The summed E-state index contributed by atoms with van der Waals surface area (Å²) < 4.78 is 0. The second-order valence-electron chi connectivity index (χ2n) is 7.05. The van der Waals surface area contributed by atoms with Gasteiger partial charge in [-0.3, -0.25) is 9.59 Å². The number of amides is 2. The van der Waals surface area contributed by atoms with E-state index in [2.05, 4.69) is 12.2 Å². The number of benzene rings is 2. The van der Waals surface area contributed by atoms with Gasteiger partial charge in [-0.05, 0) is 61.6 Å². The fourth-order valence-corrected chi connectivity index (χ4v) is 3.70. The first-order valence-corrected chi connectivity index (χ1v) is 9.81. The number of hydrogen-bond acceptors (Lipinski definition) is 2. The highest BCUT2D eigenvalue weighted by molar-refractivity contribution is 6.30. The number of anilines is 1. The fourth-order valence-electron chi connectivity index (χ4n) is 3.58. The molecule has 2 aromatic carbocycles. The lowest BCUT2D eigenvalue weighted by atomic mass is 9.95. The molecule has 4 nitrogen and oxygen atoms in total. The lowest BCUT2D eigenvalue weighted by Crippen LogP contribution is -2.43. The molecule has 1 fully saturated rings. The van der Waals surface area contributed by atoms with Crippen LogP contribution in [0.1, 0.15) is 41.3 Å². The molecule has 0 bridgehead atoms. The molecule has 5 heteroatoms. The third-order valence-electron chi connectivity index (χ3n) is 5.16. The Balaban J connectivity index is 1.70. The molecule has 0 aliphatic carbocycles. The Morgan fingerprint density at radius 1 is 1.19 bits per heavy atom. The topological polar surface area (TPSA) is 49.4 Å². The minimum atomic E-state index is -0.195. The average molecular weight is 385 g/mol. The van der Waals surface area contributed by atoms with Crippen LogP contribution in [-0.4, -0.2) is 29.8 Å². The summed E-state index contributed by atoms with van der Waals surface area (Å²) in [6.45, 7) is 5.21. The van der Waals surface area contributed by atoms with E-state index >= 15 is 0 Å². The summed E-state index contributed by atoms with van der Waals surface area (Å²) >= 11 is 5.90. The van der Waals surface area contributed by atoms with Crippen LogP contribution in [0.4, 0.5) is 5.69 Å². The lowest BCUT2D eigenvalue weighted by molar-refractivity contribution is -0.121. The van der Waals surface area contributed by atoms with Gasteiger partial charge in [0, 0.05) is 29.4 Å². The van der Waals surface area contributed by atoms with Gasteiger partial charge in [0.1, 0.15) is 0 Å². The van der Waals surface area contributed by atoms with Crippen molar-refractivity contribution in [3.63, 3.8) is 0 Å². The maximum Gasteiger partial charge on any atom is 0.253 e. The SMILES string of the molecule is CCc1cccc(C)c1NC(=O)C1CCCN(C(=O)c2ccc(Cl)cc2)C1. The van der Waals surface area contributed by atoms with Gasteiger partial charge in [-0.15, -0.1) is 0 Å². The molecule has 3 rings (SSSR count). The van der Waals surface area contributed by atoms with Crippen molar-refractivity contribution in [2.24, 2.45) is 5.92 Å². The van der Waals surface area contributed by atoms with Crippen LogP contribution in [0.25, 0.3) is 0 Å². The lowest BCUT2D eigenvalue weighted by Gasteiger charge is -2.32. The Hall–Kier alpha value is -2.33. The Bertz CT molecular complexity index is 833. The molecule has 142 valence electrons. The molecular formula is C22H25ClN2O2. The van der Waals surface area contributed by atoms with E-state index in [0.717, 1.165) is 36.1 Å². The number of nitrogens with one attached hydrogen (secondary N) is 1. The second kappa shape index (κ2) is 8.57. The third-order valence-corrected chi connectivity index (χ3v) is 5.41. The van der Waals surface area contributed by atoms with Gasteiger partial charge in [0.05, 0.1) is 5.92 Å². The van der Waals surface area contributed by atoms with Gasteiger partial charge in [-0.1, -0.05) is 36.7 Å². The normalized spacial score (nSPS) is 16.9. The van der Waals surface area contributed by atoms with Crippen molar-refractivity contribution in [1.82, 2.24) is 4.90 Å².